The van der Waals surface area contributed by atoms with Crippen molar-refractivity contribution >= 4 is 0 Å². The van der Waals surface area contributed by atoms with E-state index in [2.05, 4.69) is 0 Å². The molecule has 0 saturated carbocycles. The fourth-order valence-electron chi connectivity index (χ4n) is 0.724. The predicted octanol–water partition coefficient (Wildman–Crippen LogP) is 0.774. The molecule has 0 heterocycles. The van der Waals surface area contributed by atoms with Gasteiger partial charge in [0.15, 0.2) is 0 Å². The fraction of sp³-hybridized carbons (Fsp3) is 1.00. The maximum Gasteiger partial charge on any atom is 0.0844 e. The Bertz CT molecular complexity index is 81.4. The molecule has 0 aromatic rings. The van der Waals surface area contributed by atoms with Gasteiger partial charge in [0.1, 0.15) is 0 Å². The van der Waals surface area contributed by atoms with Gasteiger partial charge in [-0.2, -0.15) is 0 Å². The van der Waals surface area contributed by atoms with Crippen molar-refractivity contribution in [2.45, 2.75) is 39.9 Å². The van der Waals surface area contributed by atoms with Crippen molar-refractivity contribution < 1.29 is 10.2 Å². The van der Waals surface area contributed by atoms with Crippen molar-refractivity contribution in [3.63, 3.8) is 0 Å². The van der Waals surface area contributed by atoms with Gasteiger partial charge in [0.25, 0.3) is 0 Å². The molecule has 2 N–H and O–H groups in total. The molecular weight excluding hydrogens is 116 g/mol. The van der Waals surface area contributed by atoms with E-state index < -0.39 is 12.2 Å². The highest BCUT2D eigenvalue weighted by atomic mass is 16.3. The second kappa shape index (κ2) is 2.67. The van der Waals surface area contributed by atoms with Crippen LogP contribution in [-0.2, 0) is 0 Å². The Hall–Kier alpha value is -0.0800. The van der Waals surface area contributed by atoms with E-state index in [1.165, 1.54) is 0 Å². The van der Waals surface area contributed by atoms with Crippen molar-refractivity contribution in [3.8, 4) is 0 Å². The van der Waals surface area contributed by atoms with E-state index in [0.717, 1.165) is 0 Å². The molecule has 0 aromatic heterocycles. The highest BCUT2D eigenvalue weighted by Gasteiger charge is 2.25. The molecule has 2 unspecified atom stereocenters. The van der Waals surface area contributed by atoms with Gasteiger partial charge < -0.3 is 10.2 Å². The van der Waals surface area contributed by atoms with Crippen LogP contribution in [0.2, 0.25) is 0 Å². The highest BCUT2D eigenvalue weighted by Crippen LogP contribution is 2.21. The van der Waals surface area contributed by atoms with Crippen LogP contribution in [-0.4, -0.2) is 22.4 Å². The molecule has 0 radical (unpaired) electrons. The molecule has 56 valence electrons. The normalized spacial score (nSPS) is 19.3. The van der Waals surface area contributed by atoms with Gasteiger partial charge >= 0.3 is 0 Å². The minimum absolute atomic E-state index is 0.214. The summed E-state index contributed by atoms with van der Waals surface area (Å²) in [6.45, 7) is 7.27. The number of hydrogen-bond donors (Lipinski definition) is 2. The minimum Gasteiger partial charge on any atom is -0.391 e. The van der Waals surface area contributed by atoms with E-state index in [9.17, 15) is 5.11 Å². The van der Waals surface area contributed by atoms with Crippen LogP contribution >= 0.6 is 0 Å². The van der Waals surface area contributed by atoms with E-state index in [4.69, 9.17) is 5.11 Å². The molecule has 2 atom stereocenters. The second-order valence-corrected chi connectivity index (χ2v) is 3.55. The monoisotopic (exact) mass is 132 g/mol. The van der Waals surface area contributed by atoms with E-state index in [1.54, 1.807) is 6.92 Å². The molecule has 0 fully saturated rings. The maximum absolute atomic E-state index is 9.21. The van der Waals surface area contributed by atoms with Crippen LogP contribution in [0.25, 0.3) is 0 Å². The maximum atomic E-state index is 9.21. The van der Waals surface area contributed by atoms with Crippen molar-refractivity contribution in [2.75, 3.05) is 0 Å². The Labute approximate surface area is 56.5 Å². The molecule has 0 bridgehead atoms. The van der Waals surface area contributed by atoms with Crippen LogP contribution in [0.4, 0.5) is 0 Å². The highest BCUT2D eigenvalue weighted by molar-refractivity contribution is 4.76. The molecule has 0 aromatic carbocycles. The summed E-state index contributed by atoms with van der Waals surface area (Å²) >= 11 is 0. The summed E-state index contributed by atoms with van der Waals surface area (Å²) in [5.74, 6) is 0. The first-order valence-electron chi connectivity index (χ1n) is 3.22. The van der Waals surface area contributed by atoms with Gasteiger partial charge in [-0.15, -0.1) is 0 Å². The Balaban J connectivity index is 3.88. The summed E-state index contributed by atoms with van der Waals surface area (Å²) in [6.07, 6.45) is -1.26. The molecule has 0 rings (SSSR count). The lowest BCUT2D eigenvalue weighted by Crippen LogP contribution is -2.35. The summed E-state index contributed by atoms with van der Waals surface area (Å²) in [4.78, 5) is 0. The molecule has 0 aliphatic rings. The van der Waals surface area contributed by atoms with Gasteiger partial charge in [-0.1, -0.05) is 20.8 Å². The van der Waals surface area contributed by atoms with Crippen molar-refractivity contribution in [3.05, 3.63) is 0 Å². The SMILES string of the molecule is CC(O)C(O)C(C)(C)C. The number of rotatable bonds is 1. The summed E-state index contributed by atoms with van der Waals surface area (Å²) in [7, 11) is 0. The van der Waals surface area contributed by atoms with Crippen LogP contribution < -0.4 is 0 Å². The van der Waals surface area contributed by atoms with Crippen LogP contribution in [0.5, 0.6) is 0 Å². The minimum atomic E-state index is -0.634. The summed E-state index contributed by atoms with van der Waals surface area (Å²) in [5, 5.41) is 18.1. The molecule has 0 aliphatic heterocycles. The fourth-order valence-corrected chi connectivity index (χ4v) is 0.724. The van der Waals surface area contributed by atoms with Gasteiger partial charge in [0.2, 0.25) is 0 Å². The van der Waals surface area contributed by atoms with Gasteiger partial charge in [-0.05, 0) is 12.3 Å². The average Bonchev–Trinajstić information content (AvgIpc) is 1.62. The number of aliphatic hydroxyl groups is 2. The first-order chi connectivity index (χ1) is 3.85. The molecule has 0 aliphatic carbocycles. The van der Waals surface area contributed by atoms with Crippen molar-refractivity contribution in [1.29, 1.82) is 0 Å². The first kappa shape index (κ1) is 8.92. The Morgan fingerprint density at radius 3 is 1.44 bits per heavy atom. The van der Waals surface area contributed by atoms with E-state index in [-0.39, 0.29) is 5.41 Å². The second-order valence-electron chi connectivity index (χ2n) is 3.55. The molecule has 2 nitrogen and oxygen atoms in total. The first-order valence-corrected chi connectivity index (χ1v) is 3.22. The molecule has 0 amide bonds. The molecule has 2 heteroatoms. The predicted molar refractivity (Wildman–Crippen MR) is 37.1 cm³/mol. The number of hydrogen-bond acceptors (Lipinski definition) is 2. The number of aliphatic hydroxyl groups excluding tert-OH is 2. The Kier molecular flexibility index (Phi) is 2.65. The Morgan fingerprint density at radius 2 is 1.44 bits per heavy atom. The third-order valence-corrected chi connectivity index (χ3v) is 1.34. The van der Waals surface area contributed by atoms with E-state index in [1.807, 2.05) is 20.8 Å². The summed E-state index contributed by atoms with van der Waals surface area (Å²) in [5.41, 5.74) is -0.214. The molecule has 9 heavy (non-hydrogen) atoms. The van der Waals surface area contributed by atoms with Crippen LogP contribution in [0.15, 0.2) is 0 Å². The Morgan fingerprint density at radius 1 is 1.11 bits per heavy atom. The third kappa shape index (κ3) is 2.82. The lowest BCUT2D eigenvalue weighted by Gasteiger charge is -2.27. The largest absolute Gasteiger partial charge is 0.391 e. The van der Waals surface area contributed by atoms with Gasteiger partial charge in [0, 0.05) is 0 Å². The molecular formula is C7H16O2. The van der Waals surface area contributed by atoms with Gasteiger partial charge in [0.05, 0.1) is 12.2 Å². The average molecular weight is 132 g/mol. The zero-order valence-corrected chi connectivity index (χ0v) is 6.55. The smallest absolute Gasteiger partial charge is 0.0844 e. The topological polar surface area (TPSA) is 40.5 Å². The standard InChI is InChI=1S/C7H16O2/c1-5(8)6(9)7(2,3)4/h5-6,8-9H,1-4H3. The van der Waals surface area contributed by atoms with Crippen molar-refractivity contribution in [2.24, 2.45) is 5.41 Å². The van der Waals surface area contributed by atoms with E-state index >= 15 is 0 Å². The quantitative estimate of drug-likeness (QED) is 0.553. The van der Waals surface area contributed by atoms with E-state index in [0.29, 0.717) is 0 Å². The van der Waals surface area contributed by atoms with Crippen LogP contribution in [0.1, 0.15) is 27.7 Å². The van der Waals surface area contributed by atoms with Crippen LogP contribution in [0, 0.1) is 5.41 Å². The molecule has 0 saturated heterocycles. The summed E-state index contributed by atoms with van der Waals surface area (Å²) in [6, 6.07) is 0. The lowest BCUT2D eigenvalue weighted by molar-refractivity contribution is -0.0350. The lowest BCUT2D eigenvalue weighted by atomic mass is 9.86. The third-order valence-electron chi connectivity index (χ3n) is 1.34. The van der Waals surface area contributed by atoms with Crippen LogP contribution in [0.3, 0.4) is 0 Å². The van der Waals surface area contributed by atoms with Crippen molar-refractivity contribution in [1.82, 2.24) is 0 Å². The zero-order valence-electron chi connectivity index (χ0n) is 6.55. The van der Waals surface area contributed by atoms with Gasteiger partial charge in [-0.3, -0.25) is 0 Å². The van der Waals surface area contributed by atoms with Gasteiger partial charge in [-0.25, -0.2) is 0 Å². The summed E-state index contributed by atoms with van der Waals surface area (Å²) < 4.78 is 0. The molecule has 0 spiro atoms. The zero-order chi connectivity index (χ0) is 7.65.